The van der Waals surface area contributed by atoms with Crippen LogP contribution in [0.25, 0.3) is 22.3 Å². The van der Waals surface area contributed by atoms with Crippen molar-refractivity contribution in [2.45, 2.75) is 81.1 Å². The number of aliphatic imine (C=N–C) groups is 2. The van der Waals surface area contributed by atoms with Gasteiger partial charge in [-0.15, -0.1) is 0 Å². The Hall–Kier alpha value is -7.08. The third-order valence-corrected chi connectivity index (χ3v) is 12.3. The molecule has 0 saturated heterocycles. The van der Waals surface area contributed by atoms with Crippen LogP contribution in [-0.2, 0) is 25.7 Å². The molecule has 7 rings (SSSR count). The lowest BCUT2D eigenvalue weighted by atomic mass is 9.88. The summed E-state index contributed by atoms with van der Waals surface area (Å²) in [5.74, 6) is -14.1. The number of benzene rings is 7. The van der Waals surface area contributed by atoms with Gasteiger partial charge in [-0.25, -0.2) is 35.1 Å². The van der Waals surface area contributed by atoms with E-state index >= 15 is 17.6 Å². The van der Waals surface area contributed by atoms with Crippen molar-refractivity contribution < 1.29 is 35.1 Å². The average molecular weight is 931 g/mol. The molecular weight excluding hydrogens is 881 g/mol. The fraction of sp³-hybridized carbons (Fsp3) is 0.214. The van der Waals surface area contributed by atoms with E-state index in [4.69, 9.17) is 0 Å². The number of nitrogens with one attached hydrogen (secondary N) is 2. The lowest BCUT2D eigenvalue weighted by molar-refractivity contribution is 0.410. The fourth-order valence-electron chi connectivity index (χ4n) is 8.54. The van der Waals surface area contributed by atoms with E-state index in [-0.39, 0.29) is 0 Å². The molecule has 0 bridgehead atoms. The smallest absolute Gasteiger partial charge is 0.199 e. The van der Waals surface area contributed by atoms with Gasteiger partial charge in [0, 0.05) is 23.8 Å². The number of aryl methyl sites for hydroxylation is 8. The molecule has 4 nitrogen and oxygen atoms in total. The van der Waals surface area contributed by atoms with E-state index in [1.165, 1.54) is 0 Å². The zero-order chi connectivity index (χ0) is 49.1. The Morgan fingerprint density at radius 1 is 0.382 bits per heavy atom. The van der Waals surface area contributed by atoms with Gasteiger partial charge in [-0.3, -0.25) is 9.98 Å². The molecule has 0 spiro atoms. The number of nitrogens with zero attached hydrogens (tertiary/aromatic N) is 2. The van der Waals surface area contributed by atoms with Crippen LogP contribution < -0.4 is 10.6 Å². The molecule has 0 unspecified atom stereocenters. The van der Waals surface area contributed by atoms with E-state index in [0.717, 1.165) is 56.9 Å². The second-order valence-corrected chi connectivity index (χ2v) is 16.6. The summed E-state index contributed by atoms with van der Waals surface area (Å²) in [6, 6.07) is 26.2. The monoisotopic (exact) mass is 930 g/mol. The lowest BCUT2D eigenvalue weighted by Gasteiger charge is -2.19. The normalized spacial score (nSPS) is 11.6. The van der Waals surface area contributed by atoms with Crippen LogP contribution in [0.2, 0.25) is 0 Å². The Bertz CT molecular complexity index is 2860. The van der Waals surface area contributed by atoms with Gasteiger partial charge in [0.25, 0.3) is 0 Å². The lowest BCUT2D eigenvalue weighted by Crippen LogP contribution is -2.09. The Labute approximate surface area is 391 Å². The summed E-state index contributed by atoms with van der Waals surface area (Å²) in [4.78, 5) is 9.28. The molecule has 68 heavy (non-hydrogen) atoms. The average Bonchev–Trinajstić information content (AvgIpc) is 3.34. The molecule has 0 fully saturated rings. The van der Waals surface area contributed by atoms with Crippen molar-refractivity contribution in [3.05, 3.63) is 187 Å². The van der Waals surface area contributed by atoms with Gasteiger partial charge < -0.3 is 10.6 Å². The molecule has 12 heteroatoms. The van der Waals surface area contributed by atoms with Crippen LogP contribution in [0.4, 0.5) is 69.2 Å². The molecule has 350 valence electrons. The molecule has 0 aromatic heterocycles. The summed E-state index contributed by atoms with van der Waals surface area (Å²) < 4.78 is 121. The molecule has 0 radical (unpaired) electrons. The number of para-hydroxylation sites is 2. The van der Waals surface area contributed by atoms with Crippen molar-refractivity contribution in [2.75, 3.05) is 10.6 Å². The minimum absolute atomic E-state index is 0.419. The third-order valence-electron chi connectivity index (χ3n) is 12.3. The second kappa shape index (κ2) is 20.4. The number of anilines is 4. The van der Waals surface area contributed by atoms with Gasteiger partial charge in [0.05, 0.1) is 33.9 Å². The highest BCUT2D eigenvalue weighted by Gasteiger charge is 2.28. The van der Waals surface area contributed by atoms with Crippen molar-refractivity contribution in [3.63, 3.8) is 0 Å². The van der Waals surface area contributed by atoms with Crippen molar-refractivity contribution in [3.8, 4) is 22.3 Å². The summed E-state index contributed by atoms with van der Waals surface area (Å²) in [6.07, 6.45) is 3.98. The van der Waals surface area contributed by atoms with Crippen LogP contribution in [-0.4, -0.2) is 12.4 Å². The zero-order valence-electron chi connectivity index (χ0n) is 39.0. The maximum absolute atomic E-state index is 15.6. The van der Waals surface area contributed by atoms with E-state index in [9.17, 15) is 17.6 Å². The van der Waals surface area contributed by atoms with Crippen molar-refractivity contribution in [1.82, 2.24) is 0 Å². The summed E-state index contributed by atoms with van der Waals surface area (Å²) in [7, 11) is 0. The quantitative estimate of drug-likeness (QED) is 0.0494. The number of halogens is 8. The van der Waals surface area contributed by atoms with Gasteiger partial charge in [-0.2, -0.15) is 0 Å². The topological polar surface area (TPSA) is 48.8 Å². The molecular formula is C56H50F8N4. The van der Waals surface area contributed by atoms with Gasteiger partial charge in [-0.05, 0) is 144 Å². The van der Waals surface area contributed by atoms with E-state index in [0.29, 0.717) is 70.7 Å². The van der Waals surface area contributed by atoms with Crippen molar-refractivity contribution >= 4 is 46.6 Å². The summed E-state index contributed by atoms with van der Waals surface area (Å²) in [5.41, 5.74) is 8.66. The highest BCUT2D eigenvalue weighted by Crippen LogP contribution is 2.41. The van der Waals surface area contributed by atoms with Crippen LogP contribution in [0.5, 0.6) is 0 Å². The molecule has 0 amide bonds. The maximum atomic E-state index is 15.6. The first kappa shape index (κ1) is 48.8. The van der Waals surface area contributed by atoms with Crippen LogP contribution in [0.15, 0.2) is 94.9 Å². The minimum Gasteiger partial charge on any atom is -0.352 e. The molecule has 7 aromatic carbocycles. The largest absolute Gasteiger partial charge is 0.352 e. The zero-order valence-corrected chi connectivity index (χ0v) is 39.0. The molecule has 0 saturated carbocycles. The first-order chi connectivity index (χ1) is 32.5. The van der Waals surface area contributed by atoms with Crippen LogP contribution >= 0.6 is 0 Å². The number of hydrogen-bond donors (Lipinski definition) is 2. The Balaban J connectivity index is 1.30. The highest BCUT2D eigenvalue weighted by atomic mass is 19.2. The SMILES string of the molecule is CCc1cc(-c2ccccc2-c2cc(CC)c(N=Cc3c(F)c(F)c(F)c(F)c3Nc3c(C)cccc3C)c(CC)c2)cc(CC)c1N=Cc1c(F)c(F)c(F)c(F)c1Nc1c(C)cccc1C. The Morgan fingerprint density at radius 2 is 0.676 bits per heavy atom. The summed E-state index contributed by atoms with van der Waals surface area (Å²) in [6.45, 7) is 14.7. The summed E-state index contributed by atoms with van der Waals surface area (Å²) >= 11 is 0. The van der Waals surface area contributed by atoms with Crippen LogP contribution in [0.3, 0.4) is 0 Å². The highest BCUT2D eigenvalue weighted by molar-refractivity contribution is 5.94. The molecule has 0 aliphatic carbocycles. The predicted octanol–water partition coefficient (Wildman–Crippen LogP) is 16.6. The van der Waals surface area contributed by atoms with Gasteiger partial charge in [0.1, 0.15) is 0 Å². The molecule has 2 N–H and O–H groups in total. The summed E-state index contributed by atoms with van der Waals surface area (Å²) in [5, 5.41) is 5.62. The van der Waals surface area contributed by atoms with E-state index in [1.54, 1.807) is 64.1 Å². The van der Waals surface area contributed by atoms with Gasteiger partial charge in [0.2, 0.25) is 0 Å². The van der Waals surface area contributed by atoms with Crippen LogP contribution in [0.1, 0.15) is 83.3 Å². The van der Waals surface area contributed by atoms with Gasteiger partial charge >= 0.3 is 0 Å². The number of hydrogen-bond acceptors (Lipinski definition) is 4. The predicted molar refractivity (Wildman–Crippen MR) is 260 cm³/mol. The third kappa shape index (κ3) is 9.28. The molecule has 0 aliphatic rings. The van der Waals surface area contributed by atoms with Crippen molar-refractivity contribution in [1.29, 1.82) is 0 Å². The number of rotatable bonds is 14. The van der Waals surface area contributed by atoms with E-state index in [2.05, 4.69) is 20.6 Å². The standard InChI is InChI=1S/C56H50F8N4/c1-9-33-23-37(24-34(10-2)53(33)65-27-41-43(57)45(59)47(61)49(63)55(41)67-51-29(5)17-15-18-30(51)6)39-21-13-14-22-40(39)38-25-35(11-3)54(36(12-4)26-38)66-28-42-44(58)46(60)48(62)50(64)56(42)68-52-31(7)19-16-20-32(52)8/h13-28,67-68H,9-12H2,1-8H3. The molecule has 0 aliphatic heterocycles. The van der Waals surface area contributed by atoms with E-state index in [1.807, 2.05) is 76.2 Å². The molecule has 0 heterocycles. The van der Waals surface area contributed by atoms with E-state index < -0.39 is 69.0 Å². The van der Waals surface area contributed by atoms with Crippen molar-refractivity contribution in [2.24, 2.45) is 9.98 Å². The first-order valence-corrected chi connectivity index (χ1v) is 22.4. The maximum Gasteiger partial charge on any atom is 0.199 e. The van der Waals surface area contributed by atoms with Gasteiger partial charge in [0.15, 0.2) is 46.5 Å². The Morgan fingerprint density at radius 3 is 0.971 bits per heavy atom. The van der Waals surface area contributed by atoms with Gasteiger partial charge in [-0.1, -0.05) is 88.4 Å². The minimum atomic E-state index is -1.95. The first-order valence-electron chi connectivity index (χ1n) is 22.4. The Kier molecular flexibility index (Phi) is 14.7. The second-order valence-electron chi connectivity index (χ2n) is 16.6. The molecule has 0 atom stereocenters. The van der Waals surface area contributed by atoms with Crippen LogP contribution in [0, 0.1) is 74.2 Å². The molecule has 7 aromatic rings. The fourth-order valence-corrected chi connectivity index (χ4v) is 8.54.